The lowest BCUT2D eigenvalue weighted by Gasteiger charge is -2.26. The number of hydrogen-bond acceptors (Lipinski definition) is 4. The molecule has 1 fully saturated rings. The Morgan fingerprint density at radius 3 is 2.70 bits per heavy atom. The molecule has 0 amide bonds. The second kappa shape index (κ2) is 8.95. The SMILES string of the molecule is NCc1cccc(OCCOCCN2CCCCC2)c1. The Labute approximate surface area is 121 Å². The van der Waals surface area contributed by atoms with Crippen LogP contribution in [0.5, 0.6) is 5.75 Å². The first-order chi connectivity index (χ1) is 9.88. The Bertz CT molecular complexity index is 378. The molecule has 1 aliphatic rings. The largest absolute Gasteiger partial charge is 0.491 e. The van der Waals surface area contributed by atoms with Gasteiger partial charge in [0.25, 0.3) is 0 Å². The second-order valence-electron chi connectivity index (χ2n) is 5.21. The molecular formula is C16H26N2O2. The summed E-state index contributed by atoms with van der Waals surface area (Å²) in [5.74, 6) is 0.868. The number of ether oxygens (including phenoxy) is 2. The van der Waals surface area contributed by atoms with Crippen molar-refractivity contribution in [1.82, 2.24) is 4.90 Å². The number of nitrogens with zero attached hydrogens (tertiary/aromatic N) is 1. The van der Waals surface area contributed by atoms with Crippen LogP contribution in [0.15, 0.2) is 24.3 Å². The number of likely N-dealkylation sites (tertiary alicyclic amines) is 1. The smallest absolute Gasteiger partial charge is 0.119 e. The van der Waals surface area contributed by atoms with Crippen LogP contribution in [-0.2, 0) is 11.3 Å². The van der Waals surface area contributed by atoms with E-state index in [-0.39, 0.29) is 0 Å². The van der Waals surface area contributed by atoms with E-state index in [2.05, 4.69) is 4.90 Å². The van der Waals surface area contributed by atoms with E-state index in [1.54, 1.807) is 0 Å². The Balaban J connectivity index is 1.52. The van der Waals surface area contributed by atoms with Crippen LogP contribution in [0.4, 0.5) is 0 Å². The average molecular weight is 278 g/mol. The monoisotopic (exact) mass is 278 g/mol. The molecule has 0 unspecified atom stereocenters. The summed E-state index contributed by atoms with van der Waals surface area (Å²) in [5, 5.41) is 0. The summed E-state index contributed by atoms with van der Waals surface area (Å²) in [4.78, 5) is 2.48. The van der Waals surface area contributed by atoms with Crippen LogP contribution >= 0.6 is 0 Å². The molecule has 0 saturated carbocycles. The van der Waals surface area contributed by atoms with Gasteiger partial charge in [-0.05, 0) is 43.6 Å². The van der Waals surface area contributed by atoms with E-state index in [1.807, 2.05) is 24.3 Å². The highest BCUT2D eigenvalue weighted by atomic mass is 16.5. The molecule has 1 aromatic rings. The summed E-state index contributed by atoms with van der Waals surface area (Å²) in [6.45, 7) is 6.07. The number of piperidine rings is 1. The third kappa shape index (κ3) is 5.49. The van der Waals surface area contributed by atoms with E-state index in [9.17, 15) is 0 Å². The van der Waals surface area contributed by atoms with Crippen LogP contribution < -0.4 is 10.5 Å². The third-order valence-electron chi connectivity index (χ3n) is 3.63. The van der Waals surface area contributed by atoms with Crippen molar-refractivity contribution in [1.29, 1.82) is 0 Å². The highest BCUT2D eigenvalue weighted by molar-refractivity contribution is 5.28. The van der Waals surface area contributed by atoms with Gasteiger partial charge in [-0.25, -0.2) is 0 Å². The van der Waals surface area contributed by atoms with Gasteiger partial charge in [-0.15, -0.1) is 0 Å². The molecule has 1 aromatic carbocycles. The predicted molar refractivity (Wildman–Crippen MR) is 80.9 cm³/mol. The molecule has 1 saturated heterocycles. The Kier molecular flexibility index (Phi) is 6.84. The highest BCUT2D eigenvalue weighted by Crippen LogP contribution is 2.12. The molecule has 4 heteroatoms. The predicted octanol–water partition coefficient (Wildman–Crippen LogP) is 2.03. The van der Waals surface area contributed by atoms with Crippen molar-refractivity contribution in [3.8, 4) is 5.75 Å². The lowest BCUT2D eigenvalue weighted by molar-refractivity contribution is 0.0750. The molecule has 20 heavy (non-hydrogen) atoms. The summed E-state index contributed by atoms with van der Waals surface area (Å²) in [6.07, 6.45) is 4.05. The molecular weight excluding hydrogens is 252 g/mol. The molecule has 2 rings (SSSR count). The van der Waals surface area contributed by atoms with Gasteiger partial charge < -0.3 is 20.1 Å². The Morgan fingerprint density at radius 1 is 1.05 bits per heavy atom. The van der Waals surface area contributed by atoms with Crippen molar-refractivity contribution < 1.29 is 9.47 Å². The summed E-state index contributed by atoms with van der Waals surface area (Å²) >= 11 is 0. The number of hydrogen-bond donors (Lipinski definition) is 1. The quantitative estimate of drug-likeness (QED) is 0.739. The van der Waals surface area contributed by atoms with Crippen molar-refractivity contribution in [3.05, 3.63) is 29.8 Å². The van der Waals surface area contributed by atoms with Crippen molar-refractivity contribution in [2.45, 2.75) is 25.8 Å². The maximum atomic E-state index is 5.65. The molecule has 112 valence electrons. The molecule has 1 aliphatic heterocycles. The van der Waals surface area contributed by atoms with Gasteiger partial charge in [0.2, 0.25) is 0 Å². The van der Waals surface area contributed by atoms with Gasteiger partial charge in [0.15, 0.2) is 0 Å². The Hall–Kier alpha value is -1.10. The van der Waals surface area contributed by atoms with E-state index >= 15 is 0 Å². The van der Waals surface area contributed by atoms with Crippen LogP contribution in [-0.4, -0.2) is 44.4 Å². The first kappa shape index (κ1) is 15.3. The molecule has 2 N–H and O–H groups in total. The zero-order valence-electron chi connectivity index (χ0n) is 12.2. The van der Waals surface area contributed by atoms with E-state index in [0.717, 1.165) is 24.5 Å². The van der Waals surface area contributed by atoms with Crippen molar-refractivity contribution in [2.75, 3.05) is 39.5 Å². The minimum atomic E-state index is 0.545. The van der Waals surface area contributed by atoms with Crippen LogP contribution in [0.25, 0.3) is 0 Å². The van der Waals surface area contributed by atoms with Gasteiger partial charge >= 0.3 is 0 Å². The summed E-state index contributed by atoms with van der Waals surface area (Å²) in [6, 6.07) is 7.90. The van der Waals surface area contributed by atoms with E-state index in [4.69, 9.17) is 15.2 Å². The standard InChI is InChI=1S/C16H26N2O2/c17-14-15-5-4-6-16(13-15)20-12-11-19-10-9-18-7-2-1-3-8-18/h4-6,13H,1-3,7-12,14,17H2. The zero-order chi connectivity index (χ0) is 14.0. The fraction of sp³-hybridized carbons (Fsp3) is 0.625. The minimum absolute atomic E-state index is 0.545. The fourth-order valence-electron chi connectivity index (χ4n) is 2.46. The molecule has 0 bridgehead atoms. The van der Waals surface area contributed by atoms with Gasteiger partial charge in [-0.1, -0.05) is 18.6 Å². The lowest BCUT2D eigenvalue weighted by Crippen LogP contribution is -2.32. The molecule has 0 aromatic heterocycles. The lowest BCUT2D eigenvalue weighted by atomic mass is 10.1. The third-order valence-corrected chi connectivity index (χ3v) is 3.63. The molecule has 0 spiro atoms. The van der Waals surface area contributed by atoms with E-state index < -0.39 is 0 Å². The molecule has 4 nitrogen and oxygen atoms in total. The van der Waals surface area contributed by atoms with Crippen molar-refractivity contribution >= 4 is 0 Å². The van der Waals surface area contributed by atoms with Gasteiger partial charge in [0.1, 0.15) is 12.4 Å². The highest BCUT2D eigenvalue weighted by Gasteiger charge is 2.08. The maximum absolute atomic E-state index is 5.65. The molecule has 0 radical (unpaired) electrons. The number of nitrogens with two attached hydrogens (primary N) is 1. The minimum Gasteiger partial charge on any atom is -0.491 e. The Morgan fingerprint density at radius 2 is 1.90 bits per heavy atom. The summed E-state index contributed by atoms with van der Waals surface area (Å²) < 4.78 is 11.3. The fourth-order valence-corrected chi connectivity index (χ4v) is 2.46. The van der Waals surface area contributed by atoms with E-state index in [1.165, 1.54) is 32.4 Å². The molecule has 1 heterocycles. The summed E-state index contributed by atoms with van der Waals surface area (Å²) in [5.41, 5.74) is 6.69. The van der Waals surface area contributed by atoms with Crippen molar-refractivity contribution in [3.63, 3.8) is 0 Å². The van der Waals surface area contributed by atoms with Crippen LogP contribution in [0, 0.1) is 0 Å². The van der Waals surface area contributed by atoms with Gasteiger partial charge in [0, 0.05) is 13.1 Å². The van der Waals surface area contributed by atoms with Gasteiger partial charge in [-0.2, -0.15) is 0 Å². The summed E-state index contributed by atoms with van der Waals surface area (Å²) in [7, 11) is 0. The second-order valence-corrected chi connectivity index (χ2v) is 5.21. The zero-order valence-corrected chi connectivity index (χ0v) is 12.2. The first-order valence-electron chi connectivity index (χ1n) is 7.60. The van der Waals surface area contributed by atoms with Crippen LogP contribution in [0.2, 0.25) is 0 Å². The van der Waals surface area contributed by atoms with E-state index in [0.29, 0.717) is 19.8 Å². The van der Waals surface area contributed by atoms with Crippen LogP contribution in [0.1, 0.15) is 24.8 Å². The number of benzene rings is 1. The maximum Gasteiger partial charge on any atom is 0.119 e. The van der Waals surface area contributed by atoms with Gasteiger partial charge in [-0.3, -0.25) is 0 Å². The normalized spacial score (nSPS) is 16.2. The van der Waals surface area contributed by atoms with Gasteiger partial charge in [0.05, 0.1) is 13.2 Å². The van der Waals surface area contributed by atoms with Crippen molar-refractivity contribution in [2.24, 2.45) is 5.73 Å². The first-order valence-corrected chi connectivity index (χ1v) is 7.60. The topological polar surface area (TPSA) is 47.7 Å². The molecule has 0 aliphatic carbocycles. The number of rotatable bonds is 8. The van der Waals surface area contributed by atoms with Crippen LogP contribution in [0.3, 0.4) is 0 Å². The average Bonchev–Trinajstić information content (AvgIpc) is 2.52. The molecule has 0 atom stereocenters.